The Bertz CT molecular complexity index is 921. The van der Waals surface area contributed by atoms with Gasteiger partial charge in [-0.1, -0.05) is 37.9 Å². The second kappa shape index (κ2) is 9.03. The summed E-state index contributed by atoms with van der Waals surface area (Å²) in [6.45, 7) is 20.6. The molecule has 0 spiro atoms. The summed E-state index contributed by atoms with van der Waals surface area (Å²) in [6, 6.07) is 5.64. The van der Waals surface area contributed by atoms with Crippen LogP contribution in [-0.2, 0) is 9.31 Å². The number of rotatable bonds is 4. The molecular weight excluding hydrogens is 397 g/mol. The lowest BCUT2D eigenvalue weighted by molar-refractivity contribution is 0.00578. The Hall–Kier alpha value is -1.35. The summed E-state index contributed by atoms with van der Waals surface area (Å²) < 4.78 is 15.9. The molecule has 6 nitrogen and oxygen atoms in total. The van der Waals surface area contributed by atoms with Gasteiger partial charge >= 0.3 is 7.12 Å². The molecule has 2 heterocycles. The molecule has 1 fully saturated rings. The number of H-pyrrole nitrogens is 1. The minimum atomic E-state index is -0.478. The Balaban J connectivity index is 0.00000155. The first kappa shape index (κ1) is 24.9. The summed E-state index contributed by atoms with van der Waals surface area (Å²) in [7, 11) is -0.478. The maximum Gasteiger partial charge on any atom is 0.494 e. The quantitative estimate of drug-likeness (QED) is 0.552. The monoisotopic (exact) mass is 433 g/mol. The average molecular weight is 433 g/mol. The van der Waals surface area contributed by atoms with Crippen molar-refractivity contribution >= 4 is 35.3 Å². The third-order valence-corrected chi connectivity index (χ3v) is 6.40. The lowest BCUT2D eigenvalue weighted by atomic mass is 9.78. The normalized spacial score (nSPS) is 18.8. The van der Waals surface area contributed by atoms with Crippen LogP contribution in [0.5, 0.6) is 0 Å². The number of hydrogen-bond acceptors (Lipinski definition) is 6. The van der Waals surface area contributed by atoms with Crippen LogP contribution in [-0.4, -0.2) is 33.3 Å². The van der Waals surface area contributed by atoms with Crippen molar-refractivity contribution in [2.75, 3.05) is 0 Å². The Morgan fingerprint density at radius 1 is 1.10 bits per heavy atom. The molecular formula is C22H36BN3O3S. The molecule has 166 valence electrons. The number of benzene rings is 1. The standard InChI is InChI=1S/C20H30BN3O3S.C2H6/c1-12(24-28-18(2,3)4)16-15-11-13(9-10-14(15)17(25)23-22-16)21-26-19(5,6)20(7,8)27-21;1-2/h9-12,24H,1-8H3,(H,23,25);1-2H3. The van der Waals surface area contributed by atoms with Gasteiger partial charge in [-0.15, -0.1) is 0 Å². The van der Waals surface area contributed by atoms with Crippen LogP contribution in [0.2, 0.25) is 0 Å². The van der Waals surface area contributed by atoms with Gasteiger partial charge in [0, 0.05) is 10.1 Å². The molecule has 1 aromatic carbocycles. The SMILES string of the molecule is CC.CC(NSC(C)(C)C)c1n[nH]c(=O)c2ccc(B3OC(C)(C)C(C)(C)O3)cc12. The van der Waals surface area contributed by atoms with E-state index in [-0.39, 0.29) is 16.3 Å². The van der Waals surface area contributed by atoms with E-state index in [1.54, 1.807) is 11.9 Å². The Kier molecular flexibility index (Phi) is 7.50. The van der Waals surface area contributed by atoms with Crippen LogP contribution in [0.3, 0.4) is 0 Å². The van der Waals surface area contributed by atoms with E-state index in [9.17, 15) is 4.79 Å². The molecule has 0 saturated carbocycles. The van der Waals surface area contributed by atoms with E-state index in [0.29, 0.717) is 5.39 Å². The van der Waals surface area contributed by atoms with Crippen LogP contribution in [0.1, 0.15) is 81.0 Å². The van der Waals surface area contributed by atoms with Crippen molar-refractivity contribution in [3.8, 4) is 0 Å². The van der Waals surface area contributed by atoms with Gasteiger partial charge in [-0.2, -0.15) is 5.10 Å². The number of aromatic nitrogens is 2. The van der Waals surface area contributed by atoms with Gasteiger partial charge in [0.2, 0.25) is 0 Å². The van der Waals surface area contributed by atoms with E-state index in [4.69, 9.17) is 9.31 Å². The van der Waals surface area contributed by atoms with E-state index in [2.05, 4.69) is 35.7 Å². The number of hydrogen-bond donors (Lipinski definition) is 2. The second-order valence-corrected chi connectivity index (χ2v) is 11.0. The number of aromatic amines is 1. The fraction of sp³-hybridized carbons (Fsp3) is 0.636. The van der Waals surface area contributed by atoms with Crippen LogP contribution in [0.15, 0.2) is 23.0 Å². The molecule has 1 atom stereocenters. The van der Waals surface area contributed by atoms with E-state index in [1.165, 1.54) is 0 Å². The first-order chi connectivity index (χ1) is 13.8. The first-order valence-electron chi connectivity index (χ1n) is 10.6. The number of fused-ring (bicyclic) bond motifs is 1. The smallest absolute Gasteiger partial charge is 0.399 e. The van der Waals surface area contributed by atoms with Crippen LogP contribution in [0.25, 0.3) is 10.8 Å². The van der Waals surface area contributed by atoms with Crippen LogP contribution < -0.4 is 15.7 Å². The highest BCUT2D eigenvalue weighted by atomic mass is 32.2. The molecule has 0 radical (unpaired) electrons. The Labute approximate surface area is 185 Å². The van der Waals surface area contributed by atoms with Gasteiger partial charge in [0.25, 0.3) is 5.56 Å². The van der Waals surface area contributed by atoms with Gasteiger partial charge in [-0.05, 0) is 66.9 Å². The lowest BCUT2D eigenvalue weighted by Crippen LogP contribution is -2.41. The summed E-state index contributed by atoms with van der Waals surface area (Å²) in [5.74, 6) is 0. The highest BCUT2D eigenvalue weighted by molar-refractivity contribution is 7.98. The molecule has 1 unspecified atom stereocenters. The fourth-order valence-corrected chi connectivity index (χ4v) is 3.62. The summed E-state index contributed by atoms with van der Waals surface area (Å²) in [5.41, 5.74) is 0.648. The molecule has 1 saturated heterocycles. The van der Waals surface area contributed by atoms with E-state index in [1.807, 2.05) is 66.7 Å². The highest BCUT2D eigenvalue weighted by Crippen LogP contribution is 2.36. The van der Waals surface area contributed by atoms with Crippen molar-refractivity contribution in [3.05, 3.63) is 34.2 Å². The molecule has 30 heavy (non-hydrogen) atoms. The lowest BCUT2D eigenvalue weighted by Gasteiger charge is -2.32. The predicted octanol–water partition coefficient (Wildman–Crippen LogP) is 4.35. The first-order valence-corrected chi connectivity index (χ1v) is 11.4. The van der Waals surface area contributed by atoms with Crippen molar-refractivity contribution in [1.29, 1.82) is 0 Å². The molecule has 3 rings (SSSR count). The molecule has 0 amide bonds. The third kappa shape index (κ3) is 5.28. The zero-order chi connectivity index (χ0) is 22.9. The molecule has 0 bridgehead atoms. The summed E-state index contributed by atoms with van der Waals surface area (Å²) >= 11 is 1.65. The zero-order valence-electron chi connectivity index (χ0n) is 20.0. The van der Waals surface area contributed by atoms with Crippen molar-refractivity contribution in [3.63, 3.8) is 0 Å². The topological polar surface area (TPSA) is 76.2 Å². The van der Waals surface area contributed by atoms with Crippen LogP contribution in [0.4, 0.5) is 0 Å². The van der Waals surface area contributed by atoms with Gasteiger partial charge in [0.05, 0.1) is 28.3 Å². The van der Waals surface area contributed by atoms with Gasteiger partial charge in [-0.3, -0.25) is 9.52 Å². The molecule has 8 heteroatoms. The summed E-state index contributed by atoms with van der Waals surface area (Å²) in [6.07, 6.45) is 0. The van der Waals surface area contributed by atoms with Crippen molar-refractivity contribution < 1.29 is 9.31 Å². The Morgan fingerprint density at radius 3 is 2.20 bits per heavy atom. The molecule has 1 aromatic heterocycles. The molecule has 1 aliphatic rings. The second-order valence-electron chi connectivity index (χ2n) is 9.39. The Morgan fingerprint density at radius 2 is 1.67 bits per heavy atom. The van der Waals surface area contributed by atoms with Gasteiger partial charge in [-0.25, -0.2) is 5.10 Å². The van der Waals surface area contributed by atoms with Crippen LogP contribution >= 0.6 is 11.9 Å². The van der Waals surface area contributed by atoms with Crippen LogP contribution in [0, 0.1) is 0 Å². The highest BCUT2D eigenvalue weighted by Gasteiger charge is 2.51. The van der Waals surface area contributed by atoms with Gasteiger partial charge in [0.15, 0.2) is 0 Å². The zero-order valence-corrected chi connectivity index (χ0v) is 20.8. The summed E-state index contributed by atoms with van der Waals surface area (Å²) in [5, 5.41) is 8.38. The third-order valence-electron chi connectivity index (χ3n) is 5.32. The summed E-state index contributed by atoms with van der Waals surface area (Å²) in [4.78, 5) is 12.3. The van der Waals surface area contributed by atoms with Gasteiger partial charge < -0.3 is 9.31 Å². The van der Waals surface area contributed by atoms with Crippen molar-refractivity contribution in [2.45, 2.75) is 91.2 Å². The minimum Gasteiger partial charge on any atom is -0.399 e. The van der Waals surface area contributed by atoms with E-state index in [0.717, 1.165) is 16.5 Å². The number of nitrogens with one attached hydrogen (secondary N) is 2. The van der Waals surface area contributed by atoms with Crippen molar-refractivity contribution in [2.24, 2.45) is 0 Å². The molecule has 1 aliphatic heterocycles. The maximum atomic E-state index is 12.3. The van der Waals surface area contributed by atoms with Crippen molar-refractivity contribution in [1.82, 2.24) is 14.9 Å². The molecule has 2 N–H and O–H groups in total. The van der Waals surface area contributed by atoms with Gasteiger partial charge in [0.1, 0.15) is 0 Å². The minimum absolute atomic E-state index is 0.0443. The predicted molar refractivity (Wildman–Crippen MR) is 128 cm³/mol. The largest absolute Gasteiger partial charge is 0.494 e. The fourth-order valence-electron chi connectivity index (χ4n) is 2.98. The maximum absolute atomic E-state index is 12.3. The molecule has 0 aliphatic carbocycles. The van der Waals surface area contributed by atoms with E-state index >= 15 is 0 Å². The number of nitrogens with zero attached hydrogens (tertiary/aromatic N) is 1. The van der Waals surface area contributed by atoms with E-state index < -0.39 is 18.3 Å². The average Bonchev–Trinajstić information content (AvgIpc) is 2.88. The molecule has 2 aromatic rings.